The van der Waals surface area contributed by atoms with Crippen LogP contribution in [0, 0.1) is 6.92 Å². The number of amides is 1. The molecule has 1 heterocycles. The van der Waals surface area contributed by atoms with Crippen LogP contribution in [0.2, 0.25) is 0 Å². The second-order valence-electron chi connectivity index (χ2n) is 6.61. The van der Waals surface area contributed by atoms with Crippen LogP contribution in [0.5, 0.6) is 0 Å². The van der Waals surface area contributed by atoms with Gasteiger partial charge in [-0.05, 0) is 41.3 Å². The quantitative estimate of drug-likeness (QED) is 0.747. The Morgan fingerprint density at radius 1 is 1.00 bits per heavy atom. The number of aliphatic hydroxyl groups excluding tert-OH is 1. The number of nitrogens with one attached hydrogen (secondary N) is 1. The van der Waals surface area contributed by atoms with Crippen LogP contribution in [0.1, 0.15) is 22.3 Å². The van der Waals surface area contributed by atoms with Gasteiger partial charge in [-0.1, -0.05) is 54.6 Å². The van der Waals surface area contributed by atoms with E-state index in [9.17, 15) is 9.90 Å². The second-order valence-corrected chi connectivity index (χ2v) is 6.61. The molecular weight excluding hydrogens is 336 g/mol. The SMILES string of the molecule is Cc1cccc(CO)c1-c1ccc2c(c1)C(c1ccccc1)=NCC(=O)N2. The molecule has 2 N–H and O–H groups in total. The van der Waals surface area contributed by atoms with Crippen molar-refractivity contribution in [2.24, 2.45) is 4.99 Å². The number of rotatable bonds is 3. The Labute approximate surface area is 158 Å². The number of anilines is 1. The zero-order chi connectivity index (χ0) is 18.8. The summed E-state index contributed by atoms with van der Waals surface area (Å²) >= 11 is 0. The Morgan fingerprint density at radius 3 is 2.59 bits per heavy atom. The minimum absolute atomic E-state index is 0.0233. The van der Waals surface area contributed by atoms with Crippen molar-refractivity contribution in [1.29, 1.82) is 0 Å². The molecule has 4 rings (SSSR count). The zero-order valence-electron chi connectivity index (χ0n) is 15.1. The third-order valence-electron chi connectivity index (χ3n) is 4.79. The maximum atomic E-state index is 12.1. The van der Waals surface area contributed by atoms with Gasteiger partial charge in [0, 0.05) is 11.1 Å². The van der Waals surface area contributed by atoms with E-state index in [1.165, 1.54) is 0 Å². The summed E-state index contributed by atoms with van der Waals surface area (Å²) in [6, 6.07) is 21.8. The lowest BCUT2D eigenvalue weighted by molar-refractivity contribution is -0.114. The van der Waals surface area contributed by atoms with E-state index in [0.29, 0.717) is 0 Å². The number of benzene rings is 3. The average Bonchev–Trinajstić information content (AvgIpc) is 2.86. The third kappa shape index (κ3) is 3.27. The van der Waals surface area contributed by atoms with E-state index in [-0.39, 0.29) is 19.1 Å². The van der Waals surface area contributed by atoms with E-state index in [4.69, 9.17) is 0 Å². The van der Waals surface area contributed by atoms with Crippen molar-refractivity contribution >= 4 is 17.3 Å². The predicted molar refractivity (Wildman–Crippen MR) is 108 cm³/mol. The lowest BCUT2D eigenvalue weighted by atomic mass is 9.91. The van der Waals surface area contributed by atoms with E-state index < -0.39 is 0 Å². The molecule has 27 heavy (non-hydrogen) atoms. The predicted octanol–water partition coefficient (Wildman–Crippen LogP) is 3.94. The number of hydrogen-bond donors (Lipinski definition) is 2. The Morgan fingerprint density at radius 2 is 1.81 bits per heavy atom. The Bertz CT molecular complexity index is 1040. The second kappa shape index (κ2) is 7.17. The number of hydrogen-bond acceptors (Lipinski definition) is 3. The van der Waals surface area contributed by atoms with Gasteiger partial charge in [0.15, 0.2) is 0 Å². The van der Waals surface area contributed by atoms with E-state index in [0.717, 1.165) is 44.8 Å². The van der Waals surface area contributed by atoms with Crippen molar-refractivity contribution in [2.75, 3.05) is 11.9 Å². The molecule has 1 amide bonds. The highest BCUT2D eigenvalue weighted by Crippen LogP contribution is 2.32. The van der Waals surface area contributed by atoms with Crippen LogP contribution in [0.15, 0.2) is 71.7 Å². The molecule has 1 aliphatic rings. The Balaban J connectivity index is 1.92. The van der Waals surface area contributed by atoms with Gasteiger partial charge in [0.05, 0.1) is 18.0 Å². The van der Waals surface area contributed by atoms with Crippen LogP contribution >= 0.6 is 0 Å². The number of carbonyl (C=O) groups excluding carboxylic acids is 1. The first-order valence-corrected chi connectivity index (χ1v) is 8.91. The standard InChI is InChI=1S/C23H20N2O2/c1-15-6-5-9-18(14-26)22(15)17-10-11-20-19(12-17)23(24-13-21(27)25-20)16-7-3-2-4-8-16/h2-12,26H,13-14H2,1H3,(H,25,27). The smallest absolute Gasteiger partial charge is 0.246 e. The largest absolute Gasteiger partial charge is 0.392 e. The molecule has 0 atom stereocenters. The fraction of sp³-hybridized carbons (Fsp3) is 0.130. The summed E-state index contributed by atoms with van der Waals surface area (Å²) in [4.78, 5) is 16.7. The molecule has 0 aromatic heterocycles. The zero-order valence-corrected chi connectivity index (χ0v) is 15.1. The maximum Gasteiger partial charge on any atom is 0.246 e. The van der Waals surface area contributed by atoms with E-state index in [1.54, 1.807) is 0 Å². The van der Waals surface area contributed by atoms with Crippen LogP contribution in [0.3, 0.4) is 0 Å². The van der Waals surface area contributed by atoms with Crippen LogP contribution in [0.4, 0.5) is 5.69 Å². The Kier molecular flexibility index (Phi) is 4.57. The van der Waals surface area contributed by atoms with Crippen molar-refractivity contribution in [3.63, 3.8) is 0 Å². The molecule has 1 aliphatic heterocycles. The van der Waals surface area contributed by atoms with Crippen molar-refractivity contribution in [3.05, 3.63) is 89.0 Å². The first-order chi connectivity index (χ1) is 13.2. The van der Waals surface area contributed by atoms with E-state index in [2.05, 4.69) is 10.3 Å². The monoisotopic (exact) mass is 356 g/mol. The highest BCUT2D eigenvalue weighted by molar-refractivity contribution is 6.19. The number of aliphatic imine (C=N–C) groups is 1. The van der Waals surface area contributed by atoms with Crippen molar-refractivity contribution in [1.82, 2.24) is 0 Å². The molecule has 0 aliphatic carbocycles. The summed E-state index contributed by atoms with van der Waals surface area (Å²) in [5, 5.41) is 12.7. The molecule has 0 radical (unpaired) electrons. The van der Waals surface area contributed by atoms with Gasteiger partial charge in [0.1, 0.15) is 6.54 Å². The summed E-state index contributed by atoms with van der Waals surface area (Å²) in [6.07, 6.45) is 0. The molecule has 3 aromatic rings. The summed E-state index contributed by atoms with van der Waals surface area (Å²) in [5.74, 6) is -0.123. The number of fused-ring (bicyclic) bond motifs is 1. The molecule has 0 unspecified atom stereocenters. The number of aliphatic hydroxyl groups is 1. The van der Waals surface area contributed by atoms with Gasteiger partial charge in [0.2, 0.25) is 5.91 Å². The minimum atomic E-state index is -0.123. The first-order valence-electron chi connectivity index (χ1n) is 8.91. The first kappa shape index (κ1) is 17.2. The molecular formula is C23H20N2O2. The number of benzodiazepines with no additional fused rings is 1. The average molecular weight is 356 g/mol. The van der Waals surface area contributed by atoms with Gasteiger partial charge >= 0.3 is 0 Å². The molecule has 0 saturated carbocycles. The lowest BCUT2D eigenvalue weighted by Gasteiger charge is -2.15. The van der Waals surface area contributed by atoms with E-state index in [1.807, 2.05) is 73.7 Å². The van der Waals surface area contributed by atoms with Crippen molar-refractivity contribution in [3.8, 4) is 11.1 Å². The van der Waals surface area contributed by atoms with Gasteiger partial charge in [0.25, 0.3) is 0 Å². The number of nitrogens with zero attached hydrogens (tertiary/aromatic N) is 1. The highest BCUT2D eigenvalue weighted by Gasteiger charge is 2.19. The fourth-order valence-corrected chi connectivity index (χ4v) is 3.55. The maximum absolute atomic E-state index is 12.1. The summed E-state index contributed by atoms with van der Waals surface area (Å²) in [5.41, 5.74) is 7.40. The summed E-state index contributed by atoms with van der Waals surface area (Å²) < 4.78 is 0. The third-order valence-corrected chi connectivity index (χ3v) is 4.79. The summed E-state index contributed by atoms with van der Waals surface area (Å²) in [7, 11) is 0. The molecule has 3 aromatic carbocycles. The molecule has 134 valence electrons. The van der Waals surface area contributed by atoms with Gasteiger partial charge < -0.3 is 10.4 Å². The van der Waals surface area contributed by atoms with Gasteiger partial charge in [-0.15, -0.1) is 0 Å². The van der Waals surface area contributed by atoms with Crippen LogP contribution in [-0.2, 0) is 11.4 Å². The van der Waals surface area contributed by atoms with E-state index >= 15 is 0 Å². The normalized spacial score (nSPS) is 13.4. The highest BCUT2D eigenvalue weighted by atomic mass is 16.3. The fourth-order valence-electron chi connectivity index (χ4n) is 3.55. The van der Waals surface area contributed by atoms with Crippen LogP contribution < -0.4 is 5.32 Å². The molecule has 4 nitrogen and oxygen atoms in total. The molecule has 0 fully saturated rings. The topological polar surface area (TPSA) is 61.7 Å². The van der Waals surface area contributed by atoms with Crippen LogP contribution in [-0.4, -0.2) is 23.3 Å². The summed E-state index contributed by atoms with van der Waals surface area (Å²) in [6.45, 7) is 2.11. The Hall–Kier alpha value is -3.24. The van der Waals surface area contributed by atoms with Gasteiger partial charge in [-0.2, -0.15) is 0 Å². The lowest BCUT2D eigenvalue weighted by Crippen LogP contribution is -2.13. The minimum Gasteiger partial charge on any atom is -0.392 e. The molecule has 0 bridgehead atoms. The molecule has 4 heteroatoms. The molecule has 0 spiro atoms. The number of aryl methyl sites for hydroxylation is 1. The van der Waals surface area contributed by atoms with Crippen molar-refractivity contribution < 1.29 is 9.90 Å². The van der Waals surface area contributed by atoms with Gasteiger partial charge in [-0.3, -0.25) is 9.79 Å². The number of carbonyl (C=O) groups is 1. The molecule has 0 saturated heterocycles. The van der Waals surface area contributed by atoms with Crippen molar-refractivity contribution in [2.45, 2.75) is 13.5 Å². The van der Waals surface area contributed by atoms with Gasteiger partial charge in [-0.25, -0.2) is 0 Å². The van der Waals surface area contributed by atoms with Crippen LogP contribution in [0.25, 0.3) is 11.1 Å².